The summed E-state index contributed by atoms with van der Waals surface area (Å²) in [5.74, 6) is 0.574. The Morgan fingerprint density at radius 3 is 2.53 bits per heavy atom. The van der Waals surface area contributed by atoms with Gasteiger partial charge in [-0.3, -0.25) is 0 Å². The molecule has 172 valence electrons. The number of aliphatic hydroxyl groups excluding tert-OH is 1. The Balaban J connectivity index is 1.75. The molecule has 1 aliphatic rings. The highest BCUT2D eigenvalue weighted by Gasteiger charge is 2.25. The van der Waals surface area contributed by atoms with Crippen LogP contribution < -0.4 is 10.0 Å². The molecular weight excluding hydrogens is 428 g/mol. The van der Waals surface area contributed by atoms with Crippen LogP contribution in [0.25, 0.3) is 22.3 Å². The van der Waals surface area contributed by atoms with Crippen molar-refractivity contribution in [2.45, 2.75) is 62.5 Å². The lowest BCUT2D eigenvalue weighted by Gasteiger charge is -2.25. The molecule has 4 rings (SSSR count). The fraction of sp³-hybridized carbons (Fsp3) is 0.500. The van der Waals surface area contributed by atoms with E-state index in [1.807, 2.05) is 4.68 Å². The van der Waals surface area contributed by atoms with E-state index < -0.39 is 10.0 Å². The van der Waals surface area contributed by atoms with E-state index in [9.17, 15) is 13.5 Å². The van der Waals surface area contributed by atoms with Crippen molar-refractivity contribution < 1.29 is 13.5 Å². The molecule has 32 heavy (non-hydrogen) atoms. The van der Waals surface area contributed by atoms with Gasteiger partial charge in [0.05, 0.1) is 22.4 Å². The maximum Gasteiger partial charge on any atom is 0.240 e. The van der Waals surface area contributed by atoms with Crippen molar-refractivity contribution in [1.82, 2.24) is 24.5 Å². The minimum atomic E-state index is -3.51. The topological polar surface area (TPSA) is 122 Å². The molecule has 0 unspecified atom stereocenters. The first-order valence-corrected chi connectivity index (χ1v) is 12.6. The van der Waals surface area contributed by atoms with Gasteiger partial charge < -0.3 is 10.4 Å². The zero-order valence-corrected chi connectivity index (χ0v) is 19.3. The highest BCUT2D eigenvalue weighted by Crippen LogP contribution is 2.34. The number of rotatable bonds is 8. The fourth-order valence-corrected chi connectivity index (χ4v) is 4.80. The van der Waals surface area contributed by atoms with Crippen molar-refractivity contribution in [2.24, 2.45) is 0 Å². The summed E-state index contributed by atoms with van der Waals surface area (Å²) >= 11 is 0. The lowest BCUT2D eigenvalue weighted by molar-refractivity contribution is 0.109. The van der Waals surface area contributed by atoms with E-state index in [4.69, 9.17) is 10.1 Å². The molecule has 0 saturated heterocycles. The number of anilines is 1. The number of benzene rings is 1. The summed E-state index contributed by atoms with van der Waals surface area (Å²) in [5, 5.41) is 18.9. The Bertz CT molecular complexity index is 1170. The smallest absolute Gasteiger partial charge is 0.240 e. The van der Waals surface area contributed by atoms with Crippen LogP contribution in [0.5, 0.6) is 0 Å². The minimum absolute atomic E-state index is 0.150. The molecule has 1 saturated carbocycles. The number of hydrogen-bond acceptors (Lipinski definition) is 7. The van der Waals surface area contributed by atoms with Crippen LogP contribution in [0.4, 0.5) is 5.95 Å². The summed E-state index contributed by atoms with van der Waals surface area (Å²) < 4.78 is 28.4. The second-order valence-electron chi connectivity index (χ2n) is 8.20. The fourth-order valence-electron chi connectivity index (χ4n) is 4.07. The lowest BCUT2D eigenvalue weighted by atomic mass is 9.93. The van der Waals surface area contributed by atoms with E-state index in [1.54, 1.807) is 30.5 Å². The first-order chi connectivity index (χ1) is 15.4. The van der Waals surface area contributed by atoms with Crippen LogP contribution >= 0.6 is 0 Å². The number of fused-ring (bicyclic) bond motifs is 1. The SMILES string of the molecule is CCCCNc1ncc2c(-c3ccc(S(=O)(=O)NC)cc3)nn(C3CCC(O)CC3)c2n1. The van der Waals surface area contributed by atoms with E-state index in [0.717, 1.165) is 67.4 Å². The first-order valence-electron chi connectivity index (χ1n) is 11.1. The molecule has 3 aromatic rings. The van der Waals surface area contributed by atoms with Gasteiger partial charge in [-0.25, -0.2) is 22.8 Å². The molecule has 0 aliphatic heterocycles. The Kier molecular flexibility index (Phi) is 6.73. The second-order valence-corrected chi connectivity index (χ2v) is 10.1. The van der Waals surface area contributed by atoms with Crippen molar-refractivity contribution in [1.29, 1.82) is 0 Å². The van der Waals surface area contributed by atoms with Crippen LogP contribution in [-0.4, -0.2) is 53.0 Å². The summed E-state index contributed by atoms with van der Waals surface area (Å²) in [6, 6.07) is 6.81. The van der Waals surface area contributed by atoms with Gasteiger partial charge in [-0.15, -0.1) is 0 Å². The Morgan fingerprint density at radius 1 is 1.16 bits per heavy atom. The van der Waals surface area contributed by atoms with Gasteiger partial charge in [-0.2, -0.15) is 10.1 Å². The van der Waals surface area contributed by atoms with Gasteiger partial charge in [0, 0.05) is 18.3 Å². The van der Waals surface area contributed by atoms with Gasteiger partial charge in [0.2, 0.25) is 16.0 Å². The van der Waals surface area contributed by atoms with Crippen molar-refractivity contribution in [2.75, 3.05) is 18.9 Å². The maximum atomic E-state index is 12.1. The summed E-state index contributed by atoms with van der Waals surface area (Å²) in [6.45, 7) is 2.94. The third-order valence-corrected chi connectivity index (χ3v) is 7.41. The van der Waals surface area contributed by atoms with Gasteiger partial charge in [0.15, 0.2) is 5.65 Å². The van der Waals surface area contributed by atoms with E-state index in [-0.39, 0.29) is 17.0 Å². The zero-order chi connectivity index (χ0) is 22.7. The van der Waals surface area contributed by atoms with Crippen LogP contribution in [0.1, 0.15) is 51.5 Å². The predicted octanol–water partition coefficient (Wildman–Crippen LogP) is 3.09. The van der Waals surface area contributed by atoms with Crippen molar-refractivity contribution in [3.8, 4) is 11.3 Å². The highest BCUT2D eigenvalue weighted by atomic mass is 32.2. The van der Waals surface area contributed by atoms with Gasteiger partial charge in [-0.05, 0) is 51.3 Å². The summed E-state index contributed by atoms with van der Waals surface area (Å²) in [4.78, 5) is 9.45. The molecule has 3 N–H and O–H groups in total. The Labute approximate surface area is 188 Å². The number of nitrogens with one attached hydrogen (secondary N) is 2. The molecule has 9 nitrogen and oxygen atoms in total. The number of sulfonamides is 1. The van der Waals surface area contributed by atoms with Gasteiger partial charge in [-0.1, -0.05) is 25.5 Å². The van der Waals surface area contributed by atoms with E-state index in [2.05, 4.69) is 21.9 Å². The molecule has 0 radical (unpaired) electrons. The summed E-state index contributed by atoms with van der Waals surface area (Å²) in [6.07, 6.45) is 6.80. The predicted molar refractivity (Wildman–Crippen MR) is 124 cm³/mol. The highest BCUT2D eigenvalue weighted by molar-refractivity contribution is 7.89. The molecule has 2 heterocycles. The van der Waals surface area contributed by atoms with Crippen molar-refractivity contribution in [3.05, 3.63) is 30.5 Å². The molecule has 0 bridgehead atoms. The molecule has 1 aromatic carbocycles. The van der Waals surface area contributed by atoms with Gasteiger partial charge in [0.1, 0.15) is 5.69 Å². The number of aromatic nitrogens is 4. The molecule has 1 fully saturated rings. The number of hydrogen-bond donors (Lipinski definition) is 3. The van der Waals surface area contributed by atoms with E-state index in [1.165, 1.54) is 7.05 Å². The van der Waals surface area contributed by atoms with Crippen molar-refractivity contribution in [3.63, 3.8) is 0 Å². The third kappa shape index (κ3) is 4.62. The van der Waals surface area contributed by atoms with E-state index in [0.29, 0.717) is 5.95 Å². The zero-order valence-electron chi connectivity index (χ0n) is 18.5. The average Bonchev–Trinajstić information content (AvgIpc) is 3.19. The monoisotopic (exact) mass is 458 g/mol. The Morgan fingerprint density at radius 2 is 1.88 bits per heavy atom. The number of unbranched alkanes of at least 4 members (excludes halogenated alkanes) is 1. The molecule has 0 spiro atoms. The molecule has 10 heteroatoms. The third-order valence-electron chi connectivity index (χ3n) is 5.98. The summed E-state index contributed by atoms with van der Waals surface area (Å²) in [7, 11) is -2.11. The maximum absolute atomic E-state index is 12.1. The van der Waals surface area contributed by atoms with Crippen LogP contribution in [0.2, 0.25) is 0 Å². The van der Waals surface area contributed by atoms with Crippen molar-refractivity contribution >= 4 is 27.0 Å². The van der Waals surface area contributed by atoms with Crippen LogP contribution in [-0.2, 0) is 10.0 Å². The molecule has 2 aromatic heterocycles. The van der Waals surface area contributed by atoms with Crippen LogP contribution in [0, 0.1) is 0 Å². The molecule has 0 atom stereocenters. The average molecular weight is 459 g/mol. The quantitative estimate of drug-likeness (QED) is 0.443. The first kappa shape index (κ1) is 22.6. The Hall–Kier alpha value is -2.56. The van der Waals surface area contributed by atoms with Crippen LogP contribution in [0.3, 0.4) is 0 Å². The number of nitrogens with zero attached hydrogens (tertiary/aromatic N) is 4. The van der Waals surface area contributed by atoms with Gasteiger partial charge >= 0.3 is 0 Å². The van der Waals surface area contributed by atoms with Crippen LogP contribution in [0.15, 0.2) is 35.4 Å². The molecular formula is C22H30N6O3S. The van der Waals surface area contributed by atoms with Gasteiger partial charge in [0.25, 0.3) is 0 Å². The second kappa shape index (κ2) is 9.51. The lowest BCUT2D eigenvalue weighted by Crippen LogP contribution is -2.22. The number of aliphatic hydroxyl groups is 1. The van der Waals surface area contributed by atoms with E-state index >= 15 is 0 Å². The largest absolute Gasteiger partial charge is 0.393 e. The standard InChI is InChI=1S/C22H30N6O3S/c1-3-4-13-24-22-25-14-19-20(15-5-11-18(12-6-15)32(30,31)23-2)27-28(21(19)26-22)16-7-9-17(29)10-8-16/h5-6,11-12,14,16-17,23,29H,3-4,7-10,13H2,1-2H3,(H,24,25,26). The molecule has 0 amide bonds. The summed E-state index contributed by atoms with van der Waals surface area (Å²) in [5.41, 5.74) is 2.27. The molecule has 1 aliphatic carbocycles. The minimum Gasteiger partial charge on any atom is -0.393 e. The normalized spacial score (nSPS) is 19.3.